The third kappa shape index (κ3) is 4.63. The lowest BCUT2D eigenvalue weighted by Crippen LogP contribution is -2.31. The maximum absolute atomic E-state index is 11.6. The van der Waals surface area contributed by atoms with Gasteiger partial charge in [-0.25, -0.2) is 15.8 Å². The molecule has 0 spiro atoms. The molecular weight excluding hydrogens is 298 g/mol. The number of hydrogen-bond donors (Lipinski definition) is 3. The van der Waals surface area contributed by atoms with Crippen molar-refractivity contribution in [2.24, 2.45) is 5.84 Å². The summed E-state index contributed by atoms with van der Waals surface area (Å²) in [7, 11) is 0. The van der Waals surface area contributed by atoms with Gasteiger partial charge in [-0.3, -0.25) is 10.2 Å². The van der Waals surface area contributed by atoms with Crippen LogP contribution in [-0.4, -0.2) is 35.7 Å². The first-order valence-corrected chi connectivity index (χ1v) is 7.10. The summed E-state index contributed by atoms with van der Waals surface area (Å²) in [4.78, 5) is 19.5. The van der Waals surface area contributed by atoms with Crippen molar-refractivity contribution < 1.29 is 14.3 Å². The summed E-state index contributed by atoms with van der Waals surface area (Å²) in [6.45, 7) is 3.62. The van der Waals surface area contributed by atoms with Crippen molar-refractivity contribution in [1.82, 2.24) is 15.4 Å². The lowest BCUT2D eigenvalue weighted by atomic mass is 10.1. The lowest BCUT2D eigenvalue weighted by Gasteiger charge is -2.08. The fourth-order valence-corrected chi connectivity index (χ4v) is 1.89. The van der Waals surface area contributed by atoms with Crippen molar-refractivity contribution in [3.05, 3.63) is 36.0 Å². The zero-order chi connectivity index (χ0) is 16.7. The van der Waals surface area contributed by atoms with E-state index in [4.69, 9.17) is 21.1 Å². The quantitative estimate of drug-likeness (QED) is 0.298. The van der Waals surface area contributed by atoms with E-state index >= 15 is 0 Å². The van der Waals surface area contributed by atoms with Crippen LogP contribution in [0.5, 0.6) is 5.75 Å². The number of aromatic nitrogens is 2. The van der Waals surface area contributed by atoms with Gasteiger partial charge >= 0.3 is 0 Å². The predicted molar refractivity (Wildman–Crippen MR) is 85.5 cm³/mol. The van der Waals surface area contributed by atoms with Crippen LogP contribution >= 0.6 is 0 Å². The van der Waals surface area contributed by atoms with Gasteiger partial charge in [-0.1, -0.05) is 0 Å². The van der Waals surface area contributed by atoms with E-state index in [9.17, 15) is 4.79 Å². The number of nitrogens with zero attached hydrogens (tertiary/aromatic N) is 2. The summed E-state index contributed by atoms with van der Waals surface area (Å²) in [5.74, 6) is 5.29. The standard InChI is InChI=1S/C15H19N5O3/c1-2-22-7-8-23-11-5-3-10(4-6-11)12-9-13(14(21)20-17)19-15(16)18-12/h3-6,9H,2,7-8,17H2,1H3,(H,20,21)(H2,16,18,19). The highest BCUT2D eigenvalue weighted by atomic mass is 16.5. The molecule has 2 rings (SSSR count). The molecule has 0 saturated heterocycles. The van der Waals surface area contributed by atoms with Gasteiger partial charge in [0.05, 0.1) is 12.3 Å². The fraction of sp³-hybridized carbons (Fsp3) is 0.267. The normalized spacial score (nSPS) is 10.3. The smallest absolute Gasteiger partial charge is 0.283 e. The van der Waals surface area contributed by atoms with Gasteiger partial charge in [-0.05, 0) is 37.3 Å². The Balaban J connectivity index is 2.12. The number of nitrogens with two attached hydrogens (primary N) is 2. The van der Waals surface area contributed by atoms with Crippen molar-refractivity contribution in [3.63, 3.8) is 0 Å². The number of benzene rings is 1. The Morgan fingerprint density at radius 1 is 1.22 bits per heavy atom. The van der Waals surface area contributed by atoms with Crippen molar-refractivity contribution >= 4 is 11.9 Å². The molecule has 0 radical (unpaired) electrons. The molecule has 0 aliphatic heterocycles. The van der Waals surface area contributed by atoms with E-state index in [-0.39, 0.29) is 11.6 Å². The number of ether oxygens (including phenoxy) is 2. The summed E-state index contributed by atoms with van der Waals surface area (Å²) in [6, 6.07) is 8.78. The van der Waals surface area contributed by atoms with Crippen LogP contribution in [0, 0.1) is 0 Å². The molecule has 5 N–H and O–H groups in total. The zero-order valence-electron chi connectivity index (χ0n) is 12.8. The molecule has 1 aromatic carbocycles. The molecule has 0 fully saturated rings. The second-order valence-electron chi connectivity index (χ2n) is 4.54. The number of carbonyl (C=O) groups excluding carboxylic acids is 1. The number of nitrogens with one attached hydrogen (secondary N) is 1. The maximum atomic E-state index is 11.6. The number of rotatable bonds is 7. The number of hydrazine groups is 1. The summed E-state index contributed by atoms with van der Waals surface area (Å²) >= 11 is 0. The Hall–Kier alpha value is -2.71. The van der Waals surface area contributed by atoms with E-state index in [1.807, 2.05) is 36.6 Å². The third-order valence-corrected chi connectivity index (χ3v) is 2.96. The van der Waals surface area contributed by atoms with Gasteiger partial charge in [-0.2, -0.15) is 0 Å². The molecule has 0 aliphatic rings. The molecule has 122 valence electrons. The SMILES string of the molecule is CCOCCOc1ccc(-c2cc(C(=O)NN)nc(N)n2)cc1. The Bertz CT molecular complexity index is 661. The van der Waals surface area contributed by atoms with Crippen LogP contribution in [0.2, 0.25) is 0 Å². The minimum absolute atomic E-state index is 0.00172. The zero-order valence-corrected chi connectivity index (χ0v) is 12.8. The molecule has 2 aromatic rings. The molecule has 1 aromatic heterocycles. The topological polar surface area (TPSA) is 125 Å². The molecule has 1 amide bonds. The molecule has 0 saturated carbocycles. The van der Waals surface area contributed by atoms with Gasteiger partial charge in [0.15, 0.2) is 0 Å². The minimum atomic E-state index is -0.531. The van der Waals surface area contributed by atoms with Gasteiger partial charge in [0.2, 0.25) is 5.95 Å². The van der Waals surface area contributed by atoms with Crippen molar-refractivity contribution in [3.8, 4) is 17.0 Å². The molecule has 0 bridgehead atoms. The van der Waals surface area contributed by atoms with Crippen molar-refractivity contribution in [1.29, 1.82) is 0 Å². The van der Waals surface area contributed by atoms with Crippen LogP contribution in [0.4, 0.5) is 5.95 Å². The third-order valence-electron chi connectivity index (χ3n) is 2.96. The van der Waals surface area contributed by atoms with Gasteiger partial charge in [0.25, 0.3) is 5.91 Å². The molecule has 0 atom stereocenters. The van der Waals surface area contributed by atoms with Crippen LogP contribution in [0.15, 0.2) is 30.3 Å². The molecule has 8 nitrogen and oxygen atoms in total. The Morgan fingerprint density at radius 3 is 2.61 bits per heavy atom. The second-order valence-corrected chi connectivity index (χ2v) is 4.54. The Kier molecular flexibility index (Phi) is 5.84. The first kappa shape index (κ1) is 16.7. The molecular formula is C15H19N5O3. The summed E-state index contributed by atoms with van der Waals surface area (Å²) in [5.41, 5.74) is 9.05. The highest BCUT2D eigenvalue weighted by molar-refractivity contribution is 5.93. The van der Waals surface area contributed by atoms with Crippen LogP contribution in [0.3, 0.4) is 0 Å². The minimum Gasteiger partial charge on any atom is -0.491 e. The highest BCUT2D eigenvalue weighted by Crippen LogP contribution is 2.22. The van der Waals surface area contributed by atoms with Gasteiger partial charge in [0.1, 0.15) is 18.1 Å². The van der Waals surface area contributed by atoms with Gasteiger partial charge < -0.3 is 15.2 Å². The summed E-state index contributed by atoms with van der Waals surface area (Å²) < 4.78 is 10.7. The molecule has 0 aliphatic carbocycles. The van der Waals surface area contributed by atoms with E-state index in [0.717, 1.165) is 11.3 Å². The number of carbonyl (C=O) groups is 1. The number of amides is 1. The highest BCUT2D eigenvalue weighted by Gasteiger charge is 2.10. The average Bonchev–Trinajstić information content (AvgIpc) is 2.58. The Morgan fingerprint density at radius 2 is 1.96 bits per heavy atom. The predicted octanol–water partition coefficient (Wildman–Crippen LogP) is 0.745. The second kappa shape index (κ2) is 8.06. The first-order chi connectivity index (χ1) is 11.1. The molecule has 8 heteroatoms. The largest absolute Gasteiger partial charge is 0.491 e. The number of nitrogen functional groups attached to an aromatic ring is 2. The lowest BCUT2D eigenvalue weighted by molar-refractivity contribution is 0.0948. The van der Waals surface area contributed by atoms with Gasteiger partial charge in [0, 0.05) is 12.2 Å². The average molecular weight is 317 g/mol. The van der Waals surface area contributed by atoms with E-state index in [0.29, 0.717) is 25.5 Å². The monoisotopic (exact) mass is 317 g/mol. The van der Waals surface area contributed by atoms with Crippen LogP contribution in [0.25, 0.3) is 11.3 Å². The van der Waals surface area contributed by atoms with Crippen LogP contribution in [-0.2, 0) is 4.74 Å². The van der Waals surface area contributed by atoms with E-state index in [1.54, 1.807) is 0 Å². The van der Waals surface area contributed by atoms with Crippen LogP contribution in [0.1, 0.15) is 17.4 Å². The number of anilines is 1. The van der Waals surface area contributed by atoms with E-state index in [1.165, 1.54) is 6.07 Å². The van der Waals surface area contributed by atoms with E-state index in [2.05, 4.69) is 9.97 Å². The van der Waals surface area contributed by atoms with Crippen molar-refractivity contribution in [2.45, 2.75) is 6.92 Å². The molecule has 1 heterocycles. The van der Waals surface area contributed by atoms with E-state index < -0.39 is 5.91 Å². The first-order valence-electron chi connectivity index (χ1n) is 7.10. The maximum Gasteiger partial charge on any atom is 0.283 e. The molecule has 0 unspecified atom stereocenters. The van der Waals surface area contributed by atoms with Crippen LogP contribution < -0.4 is 21.7 Å². The van der Waals surface area contributed by atoms with Gasteiger partial charge in [-0.15, -0.1) is 0 Å². The molecule has 23 heavy (non-hydrogen) atoms. The Labute approximate surface area is 133 Å². The summed E-state index contributed by atoms with van der Waals surface area (Å²) in [5, 5.41) is 0. The van der Waals surface area contributed by atoms with Crippen molar-refractivity contribution in [2.75, 3.05) is 25.6 Å². The summed E-state index contributed by atoms with van der Waals surface area (Å²) in [6.07, 6.45) is 0. The fourth-order valence-electron chi connectivity index (χ4n) is 1.89. The number of hydrogen-bond acceptors (Lipinski definition) is 7.